The van der Waals surface area contributed by atoms with Gasteiger partial charge in [0.2, 0.25) is 0 Å². The van der Waals surface area contributed by atoms with Crippen molar-refractivity contribution in [2.24, 2.45) is 0 Å². The molecule has 1 aromatic rings. The van der Waals surface area contributed by atoms with E-state index < -0.39 is 18.3 Å². The molecule has 0 saturated carbocycles. The molecule has 0 aliphatic rings. The Bertz CT molecular complexity index is 514. The van der Waals surface area contributed by atoms with Crippen LogP contribution in [-0.4, -0.2) is 24.2 Å². The van der Waals surface area contributed by atoms with Crippen molar-refractivity contribution >= 4 is 11.7 Å². The molecule has 0 spiro atoms. The number of halogens is 1. The van der Waals surface area contributed by atoms with Crippen LogP contribution in [0.5, 0.6) is 0 Å². The molecular weight excluding hydrogens is 223 g/mol. The summed E-state index contributed by atoms with van der Waals surface area (Å²) in [6.07, 6.45) is 5.09. The lowest BCUT2D eigenvalue weighted by atomic mass is 10.2. The normalized spacial score (nSPS) is 9.12. The highest BCUT2D eigenvalue weighted by atomic mass is 19.1. The molecule has 0 heterocycles. The van der Waals surface area contributed by atoms with E-state index in [0.717, 1.165) is 6.07 Å². The van der Waals surface area contributed by atoms with E-state index in [0.29, 0.717) is 0 Å². The van der Waals surface area contributed by atoms with Crippen LogP contribution >= 0.6 is 0 Å². The third-order valence-electron chi connectivity index (χ3n) is 2.03. The molecule has 0 radical (unpaired) electrons. The van der Waals surface area contributed by atoms with Gasteiger partial charge in [0, 0.05) is 0 Å². The van der Waals surface area contributed by atoms with Crippen LogP contribution in [0, 0.1) is 29.5 Å². The van der Waals surface area contributed by atoms with Gasteiger partial charge in [-0.1, -0.05) is 5.92 Å². The summed E-state index contributed by atoms with van der Waals surface area (Å²) in [6, 6.07) is 5.58. The maximum absolute atomic E-state index is 13.6. The molecule has 1 N–H and O–H groups in total. The zero-order chi connectivity index (χ0) is 12.8. The van der Waals surface area contributed by atoms with Gasteiger partial charge in [0.15, 0.2) is 0 Å². The van der Waals surface area contributed by atoms with Crippen molar-refractivity contribution < 1.29 is 14.3 Å². The monoisotopic (exact) mass is 232 g/mol. The van der Waals surface area contributed by atoms with Crippen LogP contribution in [0.1, 0.15) is 5.56 Å². The van der Waals surface area contributed by atoms with Crippen molar-refractivity contribution in [2.75, 3.05) is 18.0 Å². The SMILES string of the molecule is C#CCN(CC(=O)O)c1ccc(C#N)cc1F. The van der Waals surface area contributed by atoms with Gasteiger partial charge in [0.05, 0.1) is 23.9 Å². The average Bonchev–Trinajstić information content (AvgIpc) is 2.27. The van der Waals surface area contributed by atoms with Crippen LogP contribution in [0.3, 0.4) is 0 Å². The summed E-state index contributed by atoms with van der Waals surface area (Å²) in [4.78, 5) is 11.8. The summed E-state index contributed by atoms with van der Waals surface area (Å²) in [5, 5.41) is 17.3. The average molecular weight is 232 g/mol. The second kappa shape index (κ2) is 5.53. The summed E-state index contributed by atoms with van der Waals surface area (Å²) in [7, 11) is 0. The number of hydrogen-bond donors (Lipinski definition) is 1. The Balaban J connectivity index is 3.07. The first kappa shape index (κ1) is 12.5. The number of carboxylic acids is 1. The third kappa shape index (κ3) is 3.22. The molecule has 4 nitrogen and oxygen atoms in total. The van der Waals surface area contributed by atoms with E-state index in [1.165, 1.54) is 17.0 Å². The highest BCUT2D eigenvalue weighted by Crippen LogP contribution is 2.19. The maximum atomic E-state index is 13.6. The van der Waals surface area contributed by atoms with Gasteiger partial charge in [-0.2, -0.15) is 5.26 Å². The minimum Gasteiger partial charge on any atom is -0.480 e. The Hall–Kier alpha value is -2.53. The Morgan fingerprint density at radius 3 is 2.76 bits per heavy atom. The predicted octanol–water partition coefficient (Wildman–Crippen LogP) is 1.22. The minimum atomic E-state index is -1.11. The smallest absolute Gasteiger partial charge is 0.323 e. The molecule has 86 valence electrons. The van der Waals surface area contributed by atoms with Gasteiger partial charge in [0.25, 0.3) is 0 Å². The van der Waals surface area contributed by atoms with Crippen LogP contribution in [-0.2, 0) is 4.79 Å². The lowest BCUT2D eigenvalue weighted by molar-refractivity contribution is -0.135. The van der Waals surface area contributed by atoms with E-state index in [-0.39, 0.29) is 17.8 Å². The van der Waals surface area contributed by atoms with E-state index in [4.69, 9.17) is 16.8 Å². The summed E-state index contributed by atoms with van der Waals surface area (Å²) in [5.41, 5.74) is 0.242. The first-order valence-corrected chi connectivity index (χ1v) is 4.68. The summed E-state index contributed by atoms with van der Waals surface area (Å²) >= 11 is 0. The summed E-state index contributed by atoms with van der Waals surface area (Å²) < 4.78 is 13.6. The fraction of sp³-hybridized carbons (Fsp3) is 0.167. The molecule has 17 heavy (non-hydrogen) atoms. The number of terminal acetylenes is 1. The van der Waals surface area contributed by atoms with Crippen molar-refractivity contribution in [1.82, 2.24) is 0 Å². The van der Waals surface area contributed by atoms with Crippen LogP contribution < -0.4 is 4.90 Å². The number of benzene rings is 1. The fourth-order valence-electron chi connectivity index (χ4n) is 1.33. The number of carbonyl (C=O) groups is 1. The van der Waals surface area contributed by atoms with Crippen LogP contribution in [0.4, 0.5) is 10.1 Å². The Morgan fingerprint density at radius 2 is 2.29 bits per heavy atom. The molecule has 0 bridgehead atoms. The molecule has 0 aliphatic heterocycles. The van der Waals surface area contributed by atoms with Gasteiger partial charge in [-0.15, -0.1) is 6.42 Å². The van der Waals surface area contributed by atoms with Crippen molar-refractivity contribution in [3.63, 3.8) is 0 Å². The van der Waals surface area contributed by atoms with Gasteiger partial charge in [-0.05, 0) is 18.2 Å². The largest absolute Gasteiger partial charge is 0.480 e. The van der Waals surface area contributed by atoms with E-state index in [2.05, 4.69) is 5.92 Å². The van der Waals surface area contributed by atoms with Crippen LogP contribution in [0.25, 0.3) is 0 Å². The van der Waals surface area contributed by atoms with Gasteiger partial charge in [-0.3, -0.25) is 4.79 Å². The number of hydrogen-bond acceptors (Lipinski definition) is 3. The Kier molecular flexibility index (Phi) is 4.08. The van der Waals surface area contributed by atoms with Crippen molar-refractivity contribution in [3.8, 4) is 18.4 Å². The standard InChI is InChI=1S/C12H9FN2O2/c1-2-5-15(8-12(16)17)11-4-3-9(7-14)6-10(11)13/h1,3-4,6H,5,8H2,(H,16,17). The van der Waals surface area contributed by atoms with E-state index >= 15 is 0 Å². The molecule has 0 unspecified atom stereocenters. The maximum Gasteiger partial charge on any atom is 0.323 e. The molecule has 5 heteroatoms. The highest BCUT2D eigenvalue weighted by molar-refractivity contribution is 5.74. The van der Waals surface area contributed by atoms with Gasteiger partial charge < -0.3 is 10.0 Å². The number of rotatable bonds is 4. The molecule has 1 rings (SSSR count). The minimum absolute atomic E-state index is 0.0187. The van der Waals surface area contributed by atoms with Crippen molar-refractivity contribution in [2.45, 2.75) is 0 Å². The Labute approximate surface area is 97.9 Å². The molecule has 1 aromatic carbocycles. The molecule has 0 atom stereocenters. The van der Waals surface area contributed by atoms with Gasteiger partial charge in [-0.25, -0.2) is 4.39 Å². The molecule has 0 saturated heterocycles. The zero-order valence-electron chi connectivity index (χ0n) is 8.85. The summed E-state index contributed by atoms with van der Waals surface area (Å²) in [6.45, 7) is -0.415. The number of carboxylic acid groups (broad SMARTS) is 1. The Morgan fingerprint density at radius 1 is 1.59 bits per heavy atom. The number of nitriles is 1. The van der Waals surface area contributed by atoms with Gasteiger partial charge in [0.1, 0.15) is 12.4 Å². The molecule has 0 aromatic heterocycles. The lowest BCUT2D eigenvalue weighted by Gasteiger charge is -2.20. The molecule has 0 fully saturated rings. The first-order valence-electron chi connectivity index (χ1n) is 4.68. The quantitative estimate of drug-likeness (QED) is 0.793. The van der Waals surface area contributed by atoms with E-state index in [1.807, 2.05) is 0 Å². The van der Waals surface area contributed by atoms with Crippen molar-refractivity contribution in [3.05, 3.63) is 29.6 Å². The highest BCUT2D eigenvalue weighted by Gasteiger charge is 2.14. The van der Waals surface area contributed by atoms with Crippen LogP contribution in [0.2, 0.25) is 0 Å². The first-order chi connectivity index (χ1) is 8.08. The zero-order valence-corrected chi connectivity index (χ0v) is 8.85. The third-order valence-corrected chi connectivity index (χ3v) is 2.03. The number of anilines is 1. The number of aliphatic carboxylic acids is 1. The molecule has 0 aliphatic carbocycles. The van der Waals surface area contributed by atoms with Gasteiger partial charge >= 0.3 is 5.97 Å². The van der Waals surface area contributed by atoms with Crippen LogP contribution in [0.15, 0.2) is 18.2 Å². The van der Waals surface area contributed by atoms with E-state index in [1.54, 1.807) is 6.07 Å². The summed E-state index contributed by atoms with van der Waals surface area (Å²) in [5.74, 6) is 0.485. The predicted molar refractivity (Wildman–Crippen MR) is 59.8 cm³/mol. The second-order valence-corrected chi connectivity index (χ2v) is 3.23. The number of nitrogens with zero attached hydrogens (tertiary/aromatic N) is 2. The van der Waals surface area contributed by atoms with Crippen molar-refractivity contribution in [1.29, 1.82) is 5.26 Å². The molecular formula is C12H9FN2O2. The topological polar surface area (TPSA) is 64.3 Å². The van der Waals surface area contributed by atoms with E-state index in [9.17, 15) is 9.18 Å². The second-order valence-electron chi connectivity index (χ2n) is 3.23. The lowest BCUT2D eigenvalue weighted by Crippen LogP contribution is -2.30. The molecule has 0 amide bonds. The fourth-order valence-corrected chi connectivity index (χ4v) is 1.33.